The highest BCUT2D eigenvalue weighted by molar-refractivity contribution is 5.92. The molecule has 0 saturated carbocycles. The Hall–Kier alpha value is -2.21. The molecule has 3 rings (SSSR count). The van der Waals surface area contributed by atoms with Crippen molar-refractivity contribution in [2.24, 2.45) is 5.92 Å². The van der Waals surface area contributed by atoms with Gasteiger partial charge in [-0.25, -0.2) is 4.68 Å². The molecule has 1 fully saturated rings. The number of hydrogen-bond acceptors (Lipinski definition) is 4. The third-order valence-corrected chi connectivity index (χ3v) is 4.32. The van der Waals surface area contributed by atoms with Crippen molar-refractivity contribution in [2.75, 3.05) is 26.2 Å². The summed E-state index contributed by atoms with van der Waals surface area (Å²) in [7, 11) is 0. The second kappa shape index (κ2) is 7.37. The molecule has 1 N–H and O–H groups in total. The Morgan fingerprint density at radius 2 is 2.00 bits per heavy atom. The average Bonchev–Trinajstić information content (AvgIpc) is 3.11. The van der Waals surface area contributed by atoms with E-state index in [1.54, 1.807) is 10.9 Å². The van der Waals surface area contributed by atoms with E-state index in [1.165, 1.54) is 0 Å². The Morgan fingerprint density at radius 3 is 2.70 bits per heavy atom. The van der Waals surface area contributed by atoms with Gasteiger partial charge in [0.1, 0.15) is 0 Å². The fourth-order valence-electron chi connectivity index (χ4n) is 2.92. The highest BCUT2D eigenvalue weighted by Gasteiger charge is 2.25. The summed E-state index contributed by atoms with van der Waals surface area (Å²) in [5, 5.41) is 11.5. The molecule has 0 spiro atoms. The Morgan fingerprint density at radius 1 is 1.26 bits per heavy atom. The molecule has 1 aromatic carbocycles. The van der Waals surface area contributed by atoms with Crippen molar-refractivity contribution in [3.63, 3.8) is 0 Å². The molecular formula is C17H23N5O. The molecule has 0 radical (unpaired) electrons. The lowest BCUT2D eigenvalue weighted by molar-refractivity contribution is 0.0684. The van der Waals surface area contributed by atoms with Crippen LogP contribution < -0.4 is 5.32 Å². The van der Waals surface area contributed by atoms with Crippen LogP contribution in [0, 0.1) is 5.92 Å². The van der Waals surface area contributed by atoms with E-state index < -0.39 is 0 Å². The standard InChI is InChI=1S/C17H23N5O/c1-2-18-12-14-8-10-21(11-9-14)17(23)16-13-22(20-19-16)15-6-4-3-5-7-15/h3-7,13-14,18H,2,8-12H2,1H3. The SMILES string of the molecule is CCNCC1CCN(C(=O)c2cn(-c3ccccc3)nn2)CC1. The summed E-state index contributed by atoms with van der Waals surface area (Å²) in [4.78, 5) is 14.5. The van der Waals surface area contributed by atoms with Crippen LogP contribution >= 0.6 is 0 Å². The maximum absolute atomic E-state index is 12.6. The van der Waals surface area contributed by atoms with Crippen LogP contribution in [0.4, 0.5) is 0 Å². The minimum Gasteiger partial charge on any atom is -0.337 e. The Labute approximate surface area is 136 Å². The number of benzene rings is 1. The molecule has 2 aromatic rings. The number of amides is 1. The Kier molecular flexibility index (Phi) is 5.02. The lowest BCUT2D eigenvalue weighted by atomic mass is 9.96. The van der Waals surface area contributed by atoms with E-state index >= 15 is 0 Å². The highest BCUT2D eigenvalue weighted by Crippen LogP contribution is 2.18. The zero-order valence-corrected chi connectivity index (χ0v) is 13.5. The quantitative estimate of drug-likeness (QED) is 0.913. The molecule has 23 heavy (non-hydrogen) atoms. The fraction of sp³-hybridized carbons (Fsp3) is 0.471. The lowest BCUT2D eigenvalue weighted by Gasteiger charge is -2.31. The molecule has 0 atom stereocenters. The third kappa shape index (κ3) is 3.76. The van der Waals surface area contributed by atoms with Crippen molar-refractivity contribution in [3.05, 3.63) is 42.2 Å². The van der Waals surface area contributed by atoms with Gasteiger partial charge in [0.15, 0.2) is 5.69 Å². The van der Waals surface area contributed by atoms with E-state index in [0.29, 0.717) is 11.6 Å². The van der Waals surface area contributed by atoms with Crippen LogP contribution in [0.1, 0.15) is 30.3 Å². The zero-order chi connectivity index (χ0) is 16.1. The van der Waals surface area contributed by atoms with Gasteiger partial charge in [0.05, 0.1) is 11.9 Å². The van der Waals surface area contributed by atoms with Crippen LogP contribution in [0.3, 0.4) is 0 Å². The molecular weight excluding hydrogens is 290 g/mol. The minimum absolute atomic E-state index is 0.0194. The fourth-order valence-corrected chi connectivity index (χ4v) is 2.92. The number of piperidine rings is 1. The smallest absolute Gasteiger partial charge is 0.276 e. The van der Waals surface area contributed by atoms with E-state index in [2.05, 4.69) is 22.6 Å². The van der Waals surface area contributed by atoms with E-state index in [4.69, 9.17) is 0 Å². The predicted molar refractivity (Wildman–Crippen MR) is 88.5 cm³/mol. The number of nitrogens with one attached hydrogen (secondary N) is 1. The number of carbonyl (C=O) groups is 1. The molecule has 2 heterocycles. The summed E-state index contributed by atoms with van der Waals surface area (Å²) in [6, 6.07) is 9.70. The van der Waals surface area contributed by atoms with Crippen molar-refractivity contribution in [1.29, 1.82) is 0 Å². The topological polar surface area (TPSA) is 63.1 Å². The van der Waals surface area contributed by atoms with Gasteiger partial charge in [-0.1, -0.05) is 30.3 Å². The van der Waals surface area contributed by atoms with Crippen molar-refractivity contribution in [2.45, 2.75) is 19.8 Å². The van der Waals surface area contributed by atoms with Gasteiger partial charge in [-0.05, 0) is 44.0 Å². The molecule has 0 unspecified atom stereocenters. The molecule has 1 saturated heterocycles. The van der Waals surface area contributed by atoms with E-state index in [-0.39, 0.29) is 5.91 Å². The molecule has 1 aromatic heterocycles. The van der Waals surface area contributed by atoms with Gasteiger partial charge in [-0.3, -0.25) is 4.79 Å². The Bertz CT molecular complexity index is 631. The number of aromatic nitrogens is 3. The first-order valence-corrected chi connectivity index (χ1v) is 8.25. The average molecular weight is 313 g/mol. The molecule has 1 aliphatic heterocycles. The van der Waals surface area contributed by atoms with Crippen LogP contribution in [0.5, 0.6) is 0 Å². The molecule has 122 valence electrons. The summed E-state index contributed by atoms with van der Waals surface area (Å²) in [6.45, 7) is 5.76. The summed E-state index contributed by atoms with van der Waals surface area (Å²) < 4.78 is 1.64. The predicted octanol–water partition coefficient (Wildman–Crippen LogP) is 1.73. The number of likely N-dealkylation sites (tertiary alicyclic amines) is 1. The zero-order valence-electron chi connectivity index (χ0n) is 13.5. The maximum Gasteiger partial charge on any atom is 0.276 e. The number of para-hydroxylation sites is 1. The number of nitrogens with zero attached hydrogens (tertiary/aromatic N) is 4. The molecule has 0 aliphatic carbocycles. The molecule has 6 nitrogen and oxygen atoms in total. The van der Waals surface area contributed by atoms with E-state index in [0.717, 1.165) is 44.7 Å². The normalized spacial score (nSPS) is 15.8. The minimum atomic E-state index is -0.0194. The third-order valence-electron chi connectivity index (χ3n) is 4.32. The van der Waals surface area contributed by atoms with Crippen LogP contribution in [0.25, 0.3) is 5.69 Å². The van der Waals surface area contributed by atoms with Gasteiger partial charge in [0, 0.05) is 13.1 Å². The van der Waals surface area contributed by atoms with Crippen LogP contribution in [-0.2, 0) is 0 Å². The summed E-state index contributed by atoms with van der Waals surface area (Å²) >= 11 is 0. The van der Waals surface area contributed by atoms with Gasteiger partial charge >= 0.3 is 0 Å². The number of carbonyl (C=O) groups excluding carboxylic acids is 1. The first-order valence-electron chi connectivity index (χ1n) is 8.25. The van der Waals surface area contributed by atoms with Crippen molar-refractivity contribution < 1.29 is 4.79 Å². The van der Waals surface area contributed by atoms with Gasteiger partial charge < -0.3 is 10.2 Å². The second-order valence-corrected chi connectivity index (χ2v) is 5.93. The van der Waals surface area contributed by atoms with Crippen LogP contribution in [-0.4, -0.2) is 52.0 Å². The summed E-state index contributed by atoms with van der Waals surface area (Å²) in [5.41, 5.74) is 1.32. The monoisotopic (exact) mass is 313 g/mol. The molecule has 0 bridgehead atoms. The van der Waals surface area contributed by atoms with E-state index in [1.807, 2.05) is 35.2 Å². The number of rotatable bonds is 5. The summed E-state index contributed by atoms with van der Waals surface area (Å²) in [5.74, 6) is 0.646. The van der Waals surface area contributed by atoms with Crippen molar-refractivity contribution in [3.8, 4) is 5.69 Å². The Balaban J connectivity index is 1.60. The van der Waals surface area contributed by atoms with Gasteiger partial charge in [0.25, 0.3) is 5.91 Å². The largest absolute Gasteiger partial charge is 0.337 e. The lowest BCUT2D eigenvalue weighted by Crippen LogP contribution is -2.40. The van der Waals surface area contributed by atoms with Gasteiger partial charge in [-0.15, -0.1) is 5.10 Å². The van der Waals surface area contributed by atoms with E-state index in [9.17, 15) is 4.79 Å². The van der Waals surface area contributed by atoms with Crippen molar-refractivity contribution >= 4 is 5.91 Å². The molecule has 1 amide bonds. The maximum atomic E-state index is 12.6. The molecule has 1 aliphatic rings. The van der Waals surface area contributed by atoms with Crippen LogP contribution in [0.15, 0.2) is 36.5 Å². The number of hydrogen-bond donors (Lipinski definition) is 1. The first-order chi connectivity index (χ1) is 11.3. The first kappa shape index (κ1) is 15.7. The second-order valence-electron chi connectivity index (χ2n) is 5.93. The molecule has 6 heteroatoms. The van der Waals surface area contributed by atoms with Crippen LogP contribution in [0.2, 0.25) is 0 Å². The highest BCUT2D eigenvalue weighted by atomic mass is 16.2. The van der Waals surface area contributed by atoms with Crippen molar-refractivity contribution in [1.82, 2.24) is 25.2 Å². The van der Waals surface area contributed by atoms with Gasteiger partial charge in [-0.2, -0.15) is 0 Å². The summed E-state index contributed by atoms with van der Waals surface area (Å²) in [6.07, 6.45) is 3.81. The van der Waals surface area contributed by atoms with Gasteiger partial charge in [0.2, 0.25) is 0 Å².